The molecule has 1 aliphatic heterocycles. The van der Waals surface area contributed by atoms with Gasteiger partial charge in [-0.15, -0.1) is 0 Å². The normalized spacial score (nSPS) is 23.1. The summed E-state index contributed by atoms with van der Waals surface area (Å²) in [6.45, 7) is 5.04. The molecule has 4 heteroatoms. The van der Waals surface area contributed by atoms with Crippen LogP contribution in [0.15, 0.2) is 18.2 Å². The summed E-state index contributed by atoms with van der Waals surface area (Å²) >= 11 is 0. The smallest absolute Gasteiger partial charge is 0.146 e. The van der Waals surface area contributed by atoms with Gasteiger partial charge in [0.25, 0.3) is 0 Å². The lowest BCUT2D eigenvalue weighted by atomic mass is 10.1. The van der Waals surface area contributed by atoms with Crippen LogP contribution in [0.5, 0.6) is 0 Å². The van der Waals surface area contributed by atoms with E-state index in [9.17, 15) is 4.39 Å². The number of morpholine rings is 1. The van der Waals surface area contributed by atoms with Gasteiger partial charge in [0.15, 0.2) is 0 Å². The Morgan fingerprint density at radius 3 is 2.95 bits per heavy atom. The second-order valence-corrected chi connectivity index (χ2v) is 5.77. The molecular weight excluding hydrogens is 255 g/mol. The third-order valence-electron chi connectivity index (χ3n) is 4.19. The molecule has 0 bridgehead atoms. The molecule has 0 spiro atoms. The van der Waals surface area contributed by atoms with Gasteiger partial charge in [-0.05, 0) is 37.0 Å². The number of halogens is 1. The summed E-state index contributed by atoms with van der Waals surface area (Å²) in [6, 6.07) is 6.57. The Balaban J connectivity index is 1.71. The monoisotopic (exact) mass is 278 g/mol. The number of benzene rings is 1. The van der Waals surface area contributed by atoms with E-state index in [4.69, 9.17) is 4.74 Å². The van der Waals surface area contributed by atoms with Crippen molar-refractivity contribution >= 4 is 5.69 Å². The van der Waals surface area contributed by atoms with Crippen LogP contribution in [0, 0.1) is 5.82 Å². The highest BCUT2D eigenvalue weighted by molar-refractivity contribution is 5.50. The predicted molar refractivity (Wildman–Crippen MR) is 78.5 cm³/mol. The fourth-order valence-electron chi connectivity index (χ4n) is 2.75. The van der Waals surface area contributed by atoms with Crippen molar-refractivity contribution in [3.63, 3.8) is 0 Å². The molecule has 0 amide bonds. The van der Waals surface area contributed by atoms with E-state index in [1.165, 1.54) is 12.8 Å². The quantitative estimate of drug-likeness (QED) is 0.896. The van der Waals surface area contributed by atoms with Gasteiger partial charge in [0.1, 0.15) is 5.82 Å². The molecule has 1 atom stereocenters. The van der Waals surface area contributed by atoms with E-state index in [1.54, 1.807) is 6.07 Å². The van der Waals surface area contributed by atoms with Crippen molar-refractivity contribution in [2.75, 3.05) is 24.7 Å². The van der Waals surface area contributed by atoms with Crippen LogP contribution < -0.4 is 10.2 Å². The average Bonchev–Trinajstić information content (AvgIpc) is 3.29. The fraction of sp³-hybridized carbons (Fsp3) is 0.625. The molecule has 110 valence electrons. The van der Waals surface area contributed by atoms with E-state index in [2.05, 4.69) is 17.1 Å². The van der Waals surface area contributed by atoms with Crippen molar-refractivity contribution in [1.29, 1.82) is 0 Å². The highest BCUT2D eigenvalue weighted by atomic mass is 19.1. The molecule has 1 unspecified atom stereocenters. The van der Waals surface area contributed by atoms with Crippen molar-refractivity contribution in [2.24, 2.45) is 0 Å². The molecular formula is C16H23FN2O. The summed E-state index contributed by atoms with van der Waals surface area (Å²) in [6.07, 6.45) is 3.49. The van der Waals surface area contributed by atoms with Gasteiger partial charge in [0.2, 0.25) is 0 Å². The summed E-state index contributed by atoms with van der Waals surface area (Å²) in [4.78, 5) is 2.15. The highest BCUT2D eigenvalue weighted by Crippen LogP contribution is 2.26. The summed E-state index contributed by atoms with van der Waals surface area (Å²) in [5.41, 5.74) is 1.75. The zero-order valence-electron chi connectivity index (χ0n) is 12.1. The Labute approximate surface area is 120 Å². The van der Waals surface area contributed by atoms with Crippen molar-refractivity contribution < 1.29 is 9.13 Å². The van der Waals surface area contributed by atoms with Crippen molar-refractivity contribution in [3.8, 4) is 0 Å². The summed E-state index contributed by atoms with van der Waals surface area (Å²) in [5.74, 6) is -0.111. The third-order valence-corrected chi connectivity index (χ3v) is 4.19. The van der Waals surface area contributed by atoms with E-state index < -0.39 is 0 Å². The fourth-order valence-corrected chi connectivity index (χ4v) is 2.75. The van der Waals surface area contributed by atoms with Gasteiger partial charge in [0.05, 0.1) is 24.9 Å². The van der Waals surface area contributed by atoms with E-state index in [1.807, 2.05) is 12.1 Å². The van der Waals surface area contributed by atoms with Crippen LogP contribution in [0.3, 0.4) is 0 Å². The minimum atomic E-state index is -0.111. The molecule has 3 nitrogen and oxygen atoms in total. The molecule has 1 N–H and O–H groups in total. The van der Waals surface area contributed by atoms with Gasteiger partial charge in [0, 0.05) is 19.1 Å². The van der Waals surface area contributed by atoms with Gasteiger partial charge < -0.3 is 15.0 Å². The second-order valence-electron chi connectivity index (χ2n) is 5.77. The topological polar surface area (TPSA) is 24.5 Å². The molecule has 1 aromatic carbocycles. The number of rotatable bonds is 5. The molecule has 2 fully saturated rings. The Bertz CT molecular complexity index is 462. The van der Waals surface area contributed by atoms with Crippen LogP contribution in [-0.4, -0.2) is 31.8 Å². The maximum Gasteiger partial charge on any atom is 0.146 e. The van der Waals surface area contributed by atoms with Crippen LogP contribution in [-0.2, 0) is 11.3 Å². The van der Waals surface area contributed by atoms with Crippen molar-refractivity contribution in [2.45, 2.75) is 44.8 Å². The summed E-state index contributed by atoms with van der Waals surface area (Å²) < 4.78 is 19.9. The van der Waals surface area contributed by atoms with Crippen LogP contribution in [0.25, 0.3) is 0 Å². The Kier molecular flexibility index (Phi) is 4.22. The first-order chi connectivity index (χ1) is 9.78. The van der Waals surface area contributed by atoms with Gasteiger partial charge in [-0.2, -0.15) is 0 Å². The highest BCUT2D eigenvalue weighted by Gasteiger charge is 2.24. The molecule has 1 aromatic rings. The first kappa shape index (κ1) is 13.8. The van der Waals surface area contributed by atoms with Crippen molar-refractivity contribution in [1.82, 2.24) is 5.32 Å². The lowest BCUT2D eigenvalue weighted by molar-refractivity contribution is 0.0926. The van der Waals surface area contributed by atoms with Crippen molar-refractivity contribution in [3.05, 3.63) is 29.6 Å². The van der Waals surface area contributed by atoms with E-state index in [0.29, 0.717) is 19.3 Å². The molecule has 1 saturated carbocycles. The molecule has 3 rings (SSSR count). The molecule has 1 aliphatic carbocycles. The number of nitrogens with zero attached hydrogens (tertiary/aromatic N) is 1. The Morgan fingerprint density at radius 1 is 1.40 bits per heavy atom. The van der Waals surface area contributed by atoms with Gasteiger partial charge in [-0.25, -0.2) is 4.39 Å². The predicted octanol–water partition coefficient (Wildman–Crippen LogP) is 2.69. The molecule has 0 radical (unpaired) electrons. The lowest BCUT2D eigenvalue weighted by Crippen LogP contribution is -2.45. The lowest BCUT2D eigenvalue weighted by Gasteiger charge is -2.37. The minimum Gasteiger partial charge on any atom is -0.377 e. The second kappa shape index (κ2) is 6.10. The average molecular weight is 278 g/mol. The number of anilines is 1. The molecule has 0 aromatic heterocycles. The van der Waals surface area contributed by atoms with Gasteiger partial charge in [-0.1, -0.05) is 13.0 Å². The molecule has 2 aliphatic rings. The molecule has 20 heavy (non-hydrogen) atoms. The minimum absolute atomic E-state index is 0.111. The van der Waals surface area contributed by atoms with Gasteiger partial charge >= 0.3 is 0 Å². The van der Waals surface area contributed by atoms with Crippen LogP contribution in [0.4, 0.5) is 10.1 Å². The van der Waals surface area contributed by atoms with E-state index in [-0.39, 0.29) is 11.9 Å². The van der Waals surface area contributed by atoms with Crippen LogP contribution >= 0.6 is 0 Å². The molecule has 1 heterocycles. The Morgan fingerprint density at radius 2 is 2.25 bits per heavy atom. The standard InChI is InChI=1S/C16H23FN2O/c1-2-14-11-20-8-7-19(14)16-6-3-12(9-15(16)17)10-18-13-4-5-13/h3,6,9,13-14,18H,2,4-5,7-8,10-11H2,1H3. The zero-order chi connectivity index (χ0) is 13.9. The first-order valence-corrected chi connectivity index (χ1v) is 7.64. The zero-order valence-corrected chi connectivity index (χ0v) is 12.1. The number of hydrogen-bond donors (Lipinski definition) is 1. The van der Waals surface area contributed by atoms with Gasteiger partial charge in [-0.3, -0.25) is 0 Å². The Hall–Kier alpha value is -1.13. The largest absolute Gasteiger partial charge is 0.377 e. The van der Waals surface area contributed by atoms with E-state index >= 15 is 0 Å². The van der Waals surface area contributed by atoms with Crippen LogP contribution in [0.2, 0.25) is 0 Å². The first-order valence-electron chi connectivity index (χ1n) is 7.64. The number of hydrogen-bond acceptors (Lipinski definition) is 3. The summed E-state index contributed by atoms with van der Waals surface area (Å²) in [7, 11) is 0. The number of ether oxygens (including phenoxy) is 1. The maximum absolute atomic E-state index is 14.4. The SMILES string of the molecule is CCC1COCCN1c1ccc(CNC2CC2)cc1F. The van der Waals surface area contributed by atoms with Crippen LogP contribution in [0.1, 0.15) is 31.7 Å². The molecule has 1 saturated heterocycles. The summed E-state index contributed by atoms with van der Waals surface area (Å²) in [5, 5.41) is 3.42. The number of nitrogens with one attached hydrogen (secondary N) is 1. The maximum atomic E-state index is 14.4. The van der Waals surface area contributed by atoms with E-state index in [0.717, 1.165) is 30.8 Å². The third kappa shape index (κ3) is 3.13.